The number of nitrogens with two attached hydrogens (primary N) is 1. The second-order valence-corrected chi connectivity index (χ2v) is 8.17. The van der Waals surface area contributed by atoms with Crippen LogP contribution in [0.5, 0.6) is 0 Å². The molecule has 1 aromatic heterocycles. The normalized spacial score (nSPS) is 18.6. The van der Waals surface area contributed by atoms with Crippen molar-refractivity contribution in [3.05, 3.63) is 69.7 Å². The van der Waals surface area contributed by atoms with Crippen molar-refractivity contribution in [1.82, 2.24) is 15.2 Å². The van der Waals surface area contributed by atoms with Crippen LogP contribution in [0.3, 0.4) is 0 Å². The molecule has 162 valence electrons. The molecule has 2 bridgehead atoms. The minimum atomic E-state index is -0.667. The van der Waals surface area contributed by atoms with E-state index in [0.29, 0.717) is 23.1 Å². The van der Waals surface area contributed by atoms with Crippen LogP contribution in [0, 0.1) is 19.3 Å². The Morgan fingerprint density at radius 3 is 2.65 bits per heavy atom. The molecule has 1 unspecified atom stereocenters. The molecule has 0 radical (unpaired) electrons. The molecule has 1 aliphatic rings. The van der Waals surface area contributed by atoms with Crippen molar-refractivity contribution in [1.29, 1.82) is 5.41 Å². The van der Waals surface area contributed by atoms with Crippen molar-refractivity contribution in [3.8, 4) is 0 Å². The maximum atomic E-state index is 13.3. The largest absolute Gasteiger partial charge is 0.383 e. The number of rotatable bonds is 2. The summed E-state index contributed by atoms with van der Waals surface area (Å²) in [6.07, 6.45) is 2.32. The number of pyridine rings is 1. The molecule has 0 aliphatic carbocycles. The van der Waals surface area contributed by atoms with Crippen LogP contribution in [0.25, 0.3) is 5.57 Å². The molecule has 2 aromatic rings. The van der Waals surface area contributed by atoms with Crippen LogP contribution in [0.2, 0.25) is 0 Å². The Hall–Kier alpha value is -3.48. The zero-order valence-electron chi connectivity index (χ0n) is 18.7. The van der Waals surface area contributed by atoms with Crippen LogP contribution in [0.1, 0.15) is 51.1 Å². The van der Waals surface area contributed by atoms with E-state index in [1.807, 2.05) is 32.0 Å². The van der Waals surface area contributed by atoms with Gasteiger partial charge in [-0.1, -0.05) is 24.6 Å². The van der Waals surface area contributed by atoms with Gasteiger partial charge >= 0.3 is 0 Å². The zero-order chi connectivity index (χ0) is 22.9. The Balaban J connectivity index is 2.28. The number of aromatic nitrogens is 1. The van der Waals surface area contributed by atoms with Crippen LogP contribution >= 0.6 is 0 Å². The van der Waals surface area contributed by atoms with Gasteiger partial charge in [-0.2, -0.15) is 0 Å². The Labute approximate surface area is 182 Å². The second kappa shape index (κ2) is 8.71. The number of carbonyl (C=O) groups excluding carboxylic acids is 2. The van der Waals surface area contributed by atoms with Crippen molar-refractivity contribution < 1.29 is 9.59 Å². The lowest BCUT2D eigenvalue weighted by molar-refractivity contribution is -0.114. The highest BCUT2D eigenvalue weighted by atomic mass is 16.2. The van der Waals surface area contributed by atoms with Gasteiger partial charge in [-0.3, -0.25) is 14.6 Å². The lowest BCUT2D eigenvalue weighted by Crippen LogP contribution is -2.35. The van der Waals surface area contributed by atoms with E-state index < -0.39 is 5.91 Å². The van der Waals surface area contributed by atoms with Crippen molar-refractivity contribution in [2.24, 2.45) is 5.73 Å². The van der Waals surface area contributed by atoms with Gasteiger partial charge in [0.1, 0.15) is 5.70 Å². The van der Waals surface area contributed by atoms with Crippen LogP contribution < -0.4 is 11.1 Å². The van der Waals surface area contributed by atoms with Crippen LogP contribution in [0.15, 0.2) is 36.2 Å². The molecule has 1 atom stereocenters. The van der Waals surface area contributed by atoms with Crippen molar-refractivity contribution in [2.75, 3.05) is 20.6 Å². The Morgan fingerprint density at radius 1 is 1.29 bits per heavy atom. The van der Waals surface area contributed by atoms with E-state index in [2.05, 4.69) is 23.3 Å². The number of aryl methyl sites for hydroxylation is 2. The van der Waals surface area contributed by atoms with Gasteiger partial charge in [-0.25, -0.2) is 0 Å². The van der Waals surface area contributed by atoms with Gasteiger partial charge in [0.25, 0.3) is 11.8 Å². The van der Waals surface area contributed by atoms with Gasteiger partial charge in [-0.05, 0) is 49.4 Å². The predicted octanol–water partition coefficient (Wildman–Crippen LogP) is 2.57. The van der Waals surface area contributed by atoms with E-state index in [1.54, 1.807) is 20.3 Å². The number of nitrogens with zero attached hydrogens (tertiary/aromatic N) is 2. The third-order valence-electron chi connectivity index (χ3n) is 5.77. The van der Waals surface area contributed by atoms with Crippen molar-refractivity contribution in [2.45, 2.75) is 33.1 Å². The fraction of sp³-hybridized carbons (Fsp3) is 0.333. The smallest absolute Gasteiger partial charge is 0.265 e. The monoisotopic (exact) mass is 419 g/mol. The minimum Gasteiger partial charge on any atom is -0.383 e. The molecule has 2 heterocycles. The second-order valence-electron chi connectivity index (χ2n) is 8.17. The predicted molar refractivity (Wildman–Crippen MR) is 122 cm³/mol. The van der Waals surface area contributed by atoms with Gasteiger partial charge < -0.3 is 21.4 Å². The number of benzene rings is 1. The van der Waals surface area contributed by atoms with Crippen LogP contribution in [-0.4, -0.2) is 48.1 Å². The Bertz CT molecular complexity index is 1100. The standard InChI is InChI=1S/C24H29N5O2/c1-13-6-7-18-19(8-13)14(2)9-16-10-17(11-28-15(16)3)21(22(27-4)23(26)30)20(25)12-29(5)24(18)31/h6-8,10-11,14,25,27H,9,12H2,1-5H3,(H2,26,30)/b22-21-,25-20?. The summed E-state index contributed by atoms with van der Waals surface area (Å²) in [7, 11) is 3.26. The highest BCUT2D eigenvalue weighted by molar-refractivity contribution is 6.28. The number of carbonyl (C=O) groups is 2. The van der Waals surface area contributed by atoms with Gasteiger partial charge in [-0.15, -0.1) is 0 Å². The van der Waals surface area contributed by atoms with E-state index in [9.17, 15) is 9.59 Å². The molecule has 31 heavy (non-hydrogen) atoms. The summed E-state index contributed by atoms with van der Waals surface area (Å²) in [6, 6.07) is 7.82. The number of amides is 2. The molecule has 0 saturated heterocycles. The molecular formula is C24H29N5O2. The quantitative estimate of drug-likeness (QED) is 0.650. The molecule has 0 fully saturated rings. The Morgan fingerprint density at radius 2 is 2.00 bits per heavy atom. The molecule has 0 saturated carbocycles. The third-order valence-corrected chi connectivity index (χ3v) is 5.77. The van der Waals surface area contributed by atoms with Gasteiger partial charge in [0.05, 0.1) is 12.3 Å². The minimum absolute atomic E-state index is 0.0253. The number of hydrogen-bond donors (Lipinski definition) is 3. The van der Waals surface area contributed by atoms with E-state index in [0.717, 1.165) is 22.4 Å². The average molecular weight is 420 g/mol. The number of primary amides is 1. The summed E-state index contributed by atoms with van der Waals surface area (Å²) >= 11 is 0. The first-order chi connectivity index (χ1) is 14.6. The summed E-state index contributed by atoms with van der Waals surface area (Å²) in [5.74, 6) is -0.746. The highest BCUT2D eigenvalue weighted by Gasteiger charge is 2.26. The summed E-state index contributed by atoms with van der Waals surface area (Å²) in [5.41, 5.74) is 11.4. The lowest BCUT2D eigenvalue weighted by Gasteiger charge is -2.25. The number of likely N-dealkylation sites (N-methyl/N-ethyl adjacent to an activating group) is 1. The molecule has 2 amide bonds. The molecule has 7 nitrogen and oxygen atoms in total. The topological polar surface area (TPSA) is 112 Å². The van der Waals surface area contributed by atoms with Gasteiger partial charge in [0.15, 0.2) is 0 Å². The fourth-order valence-corrected chi connectivity index (χ4v) is 4.08. The number of nitrogens with one attached hydrogen (secondary N) is 2. The third kappa shape index (κ3) is 4.35. The molecule has 1 aliphatic heterocycles. The first-order valence-electron chi connectivity index (χ1n) is 10.3. The van der Waals surface area contributed by atoms with Crippen molar-refractivity contribution in [3.63, 3.8) is 0 Å². The summed E-state index contributed by atoms with van der Waals surface area (Å²) in [5, 5.41) is 11.6. The van der Waals surface area contributed by atoms with E-state index in [-0.39, 0.29) is 29.8 Å². The average Bonchev–Trinajstić information content (AvgIpc) is 2.71. The number of hydrogen-bond acceptors (Lipinski definition) is 5. The first kappa shape index (κ1) is 22.2. The van der Waals surface area contributed by atoms with E-state index in [1.165, 1.54) is 4.90 Å². The first-order valence-corrected chi connectivity index (χ1v) is 10.3. The van der Waals surface area contributed by atoms with E-state index in [4.69, 9.17) is 11.1 Å². The maximum absolute atomic E-state index is 13.3. The zero-order valence-corrected chi connectivity index (χ0v) is 18.7. The SMILES string of the molecule is CN/C(C(N)=O)=C1\C(=N)CN(C)C(=O)c2ccc(C)cc2C(C)Cc2cc1cnc2C. The van der Waals surface area contributed by atoms with Crippen LogP contribution in [0.4, 0.5) is 0 Å². The fourth-order valence-electron chi connectivity index (χ4n) is 4.08. The molecule has 3 rings (SSSR count). The highest BCUT2D eigenvalue weighted by Crippen LogP contribution is 2.30. The molecule has 1 aromatic carbocycles. The molecule has 7 heteroatoms. The number of fused-ring (bicyclic) bond motifs is 3. The molecule has 4 N–H and O–H groups in total. The maximum Gasteiger partial charge on any atom is 0.265 e. The lowest BCUT2D eigenvalue weighted by atomic mass is 9.86. The summed E-state index contributed by atoms with van der Waals surface area (Å²) in [4.78, 5) is 31.5. The van der Waals surface area contributed by atoms with Gasteiger partial charge in [0, 0.05) is 42.7 Å². The van der Waals surface area contributed by atoms with Crippen LogP contribution in [-0.2, 0) is 11.2 Å². The van der Waals surface area contributed by atoms with Crippen molar-refractivity contribution >= 4 is 23.1 Å². The summed E-state index contributed by atoms with van der Waals surface area (Å²) < 4.78 is 0. The van der Waals surface area contributed by atoms with E-state index >= 15 is 0 Å². The Kier molecular flexibility index (Phi) is 6.24. The van der Waals surface area contributed by atoms with Gasteiger partial charge in [0.2, 0.25) is 0 Å². The molecule has 0 spiro atoms. The molecular weight excluding hydrogens is 390 g/mol. The summed E-state index contributed by atoms with van der Waals surface area (Å²) in [6.45, 7) is 6.08.